The molecular weight excluding hydrogens is 246 g/mol. The van der Waals surface area contributed by atoms with E-state index in [9.17, 15) is 0 Å². The number of nitrogens with two attached hydrogens (primary N) is 1. The maximum Gasteiger partial charge on any atom is 0.193 e. The fraction of sp³-hybridized carbons (Fsp3) is 0.588. The van der Waals surface area contributed by atoms with Crippen LogP contribution in [0.5, 0.6) is 0 Å². The van der Waals surface area contributed by atoms with Crippen molar-refractivity contribution in [2.75, 3.05) is 11.9 Å². The van der Waals surface area contributed by atoms with Crippen molar-refractivity contribution in [1.82, 2.24) is 0 Å². The van der Waals surface area contributed by atoms with Crippen LogP contribution in [0.25, 0.3) is 0 Å². The van der Waals surface area contributed by atoms with E-state index in [1.165, 1.54) is 49.7 Å². The number of benzene rings is 1. The summed E-state index contributed by atoms with van der Waals surface area (Å²) >= 11 is 0. The van der Waals surface area contributed by atoms with Gasteiger partial charge in [0.05, 0.1) is 0 Å². The maximum atomic E-state index is 6.07. The summed E-state index contributed by atoms with van der Waals surface area (Å²) in [6.45, 7) is 3.12. The molecule has 3 heteroatoms. The smallest absolute Gasteiger partial charge is 0.193 e. The number of hydrogen-bond donors (Lipinski definition) is 2. The Balaban J connectivity index is 1.69. The summed E-state index contributed by atoms with van der Waals surface area (Å²) in [4.78, 5) is 4.56. The van der Waals surface area contributed by atoms with Gasteiger partial charge >= 0.3 is 0 Å². The first-order valence-electron chi connectivity index (χ1n) is 7.90. The van der Waals surface area contributed by atoms with Crippen LogP contribution in [0, 0.1) is 5.41 Å². The summed E-state index contributed by atoms with van der Waals surface area (Å²) < 4.78 is 0. The van der Waals surface area contributed by atoms with Gasteiger partial charge in [0.1, 0.15) is 0 Å². The number of aliphatic imine (C=N–C) groups is 1. The predicted molar refractivity (Wildman–Crippen MR) is 85.2 cm³/mol. The Bertz CT molecular complexity index is 515. The second kappa shape index (κ2) is 5.47. The molecule has 0 aliphatic heterocycles. The van der Waals surface area contributed by atoms with Gasteiger partial charge in [-0.15, -0.1) is 0 Å². The molecule has 1 aromatic rings. The third kappa shape index (κ3) is 2.82. The van der Waals surface area contributed by atoms with E-state index in [-0.39, 0.29) is 0 Å². The van der Waals surface area contributed by atoms with Crippen molar-refractivity contribution in [2.45, 2.75) is 51.9 Å². The van der Waals surface area contributed by atoms with Gasteiger partial charge < -0.3 is 11.1 Å². The van der Waals surface area contributed by atoms with Gasteiger partial charge in [-0.25, -0.2) is 0 Å². The van der Waals surface area contributed by atoms with E-state index in [0.717, 1.165) is 18.7 Å². The molecule has 0 radical (unpaired) electrons. The minimum absolute atomic E-state index is 0.461. The molecule has 1 saturated carbocycles. The Kier molecular flexibility index (Phi) is 3.68. The minimum atomic E-state index is 0.461. The van der Waals surface area contributed by atoms with Crippen LogP contribution in [0.1, 0.15) is 50.2 Å². The van der Waals surface area contributed by atoms with Gasteiger partial charge in [0.15, 0.2) is 5.96 Å². The van der Waals surface area contributed by atoms with Crippen molar-refractivity contribution in [3.05, 3.63) is 29.3 Å². The number of aryl methyl sites for hydroxylation is 1. The highest BCUT2D eigenvalue weighted by Crippen LogP contribution is 2.48. The second-order valence-electron chi connectivity index (χ2n) is 6.33. The van der Waals surface area contributed by atoms with E-state index < -0.39 is 0 Å². The first-order chi connectivity index (χ1) is 9.72. The van der Waals surface area contributed by atoms with Crippen LogP contribution in [0.15, 0.2) is 23.2 Å². The number of guanidine groups is 1. The SMILES string of the molecule is CCC1(CN=C(N)Nc2cccc3c2CCCC3)CC1. The summed E-state index contributed by atoms with van der Waals surface area (Å²) in [6.07, 6.45) is 8.76. The largest absolute Gasteiger partial charge is 0.370 e. The molecule has 0 saturated heterocycles. The van der Waals surface area contributed by atoms with Crippen LogP contribution in [0.4, 0.5) is 5.69 Å². The van der Waals surface area contributed by atoms with Crippen molar-refractivity contribution in [2.24, 2.45) is 16.1 Å². The molecule has 2 aliphatic rings. The number of nitrogens with zero attached hydrogens (tertiary/aromatic N) is 1. The molecule has 0 spiro atoms. The number of hydrogen-bond acceptors (Lipinski definition) is 1. The zero-order valence-corrected chi connectivity index (χ0v) is 12.4. The molecule has 3 rings (SSSR count). The Morgan fingerprint density at radius 1 is 1.30 bits per heavy atom. The van der Waals surface area contributed by atoms with E-state index in [0.29, 0.717) is 11.4 Å². The van der Waals surface area contributed by atoms with Crippen LogP contribution in [0.2, 0.25) is 0 Å². The number of anilines is 1. The first-order valence-corrected chi connectivity index (χ1v) is 7.90. The summed E-state index contributed by atoms with van der Waals surface area (Å²) in [6, 6.07) is 6.48. The standard InChI is InChI=1S/C17H25N3/c1-2-17(10-11-17)12-19-16(18)20-15-9-5-7-13-6-3-4-8-14(13)15/h5,7,9H,2-4,6,8,10-12H2,1H3,(H3,18,19,20). The van der Waals surface area contributed by atoms with E-state index in [1.807, 2.05) is 0 Å². The molecule has 0 bridgehead atoms. The van der Waals surface area contributed by atoms with Crippen LogP contribution in [0.3, 0.4) is 0 Å². The number of rotatable bonds is 4. The zero-order valence-electron chi connectivity index (χ0n) is 12.4. The van der Waals surface area contributed by atoms with Crippen LogP contribution >= 0.6 is 0 Å². The molecule has 108 valence electrons. The van der Waals surface area contributed by atoms with Crippen molar-refractivity contribution in [1.29, 1.82) is 0 Å². The highest BCUT2D eigenvalue weighted by atomic mass is 15.1. The Hall–Kier alpha value is -1.51. The molecule has 2 aliphatic carbocycles. The van der Waals surface area contributed by atoms with Crippen molar-refractivity contribution >= 4 is 11.6 Å². The molecule has 3 N–H and O–H groups in total. The van der Waals surface area contributed by atoms with E-state index in [4.69, 9.17) is 5.73 Å². The average molecular weight is 271 g/mol. The molecule has 0 atom stereocenters. The lowest BCUT2D eigenvalue weighted by Gasteiger charge is -2.20. The summed E-state index contributed by atoms with van der Waals surface area (Å²) in [7, 11) is 0. The summed E-state index contributed by atoms with van der Waals surface area (Å²) in [5.41, 5.74) is 10.6. The lowest BCUT2D eigenvalue weighted by Crippen LogP contribution is -2.25. The number of fused-ring (bicyclic) bond motifs is 1. The molecular formula is C17H25N3. The fourth-order valence-electron chi connectivity index (χ4n) is 3.13. The molecule has 3 nitrogen and oxygen atoms in total. The van der Waals surface area contributed by atoms with Crippen LogP contribution in [-0.2, 0) is 12.8 Å². The molecule has 1 aromatic carbocycles. The zero-order chi connectivity index (χ0) is 14.0. The quantitative estimate of drug-likeness (QED) is 0.650. The van der Waals surface area contributed by atoms with Crippen LogP contribution < -0.4 is 11.1 Å². The van der Waals surface area contributed by atoms with Crippen molar-refractivity contribution < 1.29 is 0 Å². The Morgan fingerprint density at radius 2 is 2.10 bits per heavy atom. The lowest BCUT2D eigenvalue weighted by molar-refractivity contribution is 0.506. The highest BCUT2D eigenvalue weighted by Gasteiger charge is 2.40. The van der Waals surface area contributed by atoms with E-state index in [2.05, 4.69) is 35.4 Å². The van der Waals surface area contributed by atoms with Gasteiger partial charge in [-0.1, -0.05) is 19.1 Å². The molecule has 1 fully saturated rings. The molecule has 0 unspecified atom stereocenters. The molecule has 0 aromatic heterocycles. The third-order valence-electron chi connectivity index (χ3n) is 4.95. The third-order valence-corrected chi connectivity index (χ3v) is 4.95. The average Bonchev–Trinajstić information content (AvgIpc) is 3.26. The number of nitrogens with one attached hydrogen (secondary N) is 1. The van der Waals surface area contributed by atoms with Gasteiger partial charge in [-0.3, -0.25) is 4.99 Å². The monoisotopic (exact) mass is 271 g/mol. The molecule has 0 amide bonds. The normalized spacial score (nSPS) is 20.4. The fourth-order valence-corrected chi connectivity index (χ4v) is 3.13. The lowest BCUT2D eigenvalue weighted by atomic mass is 9.90. The second-order valence-corrected chi connectivity index (χ2v) is 6.33. The first kappa shape index (κ1) is 13.5. The van der Waals surface area contributed by atoms with Crippen molar-refractivity contribution in [3.63, 3.8) is 0 Å². The molecule has 20 heavy (non-hydrogen) atoms. The van der Waals surface area contributed by atoms with Crippen molar-refractivity contribution in [3.8, 4) is 0 Å². The maximum absolute atomic E-state index is 6.07. The van der Waals surface area contributed by atoms with Gasteiger partial charge in [0, 0.05) is 12.2 Å². The minimum Gasteiger partial charge on any atom is -0.370 e. The van der Waals surface area contributed by atoms with E-state index in [1.54, 1.807) is 0 Å². The van der Waals surface area contributed by atoms with E-state index >= 15 is 0 Å². The van der Waals surface area contributed by atoms with Gasteiger partial charge in [-0.05, 0) is 67.6 Å². The summed E-state index contributed by atoms with van der Waals surface area (Å²) in [5.74, 6) is 0.573. The van der Waals surface area contributed by atoms with Crippen LogP contribution in [-0.4, -0.2) is 12.5 Å². The predicted octanol–water partition coefficient (Wildman–Crippen LogP) is 3.48. The summed E-state index contributed by atoms with van der Waals surface area (Å²) in [5, 5.41) is 3.32. The van der Waals surface area contributed by atoms with Gasteiger partial charge in [0.2, 0.25) is 0 Å². The van der Waals surface area contributed by atoms with Gasteiger partial charge in [-0.2, -0.15) is 0 Å². The molecule has 0 heterocycles. The Morgan fingerprint density at radius 3 is 2.85 bits per heavy atom. The van der Waals surface area contributed by atoms with Gasteiger partial charge in [0.25, 0.3) is 0 Å². The Labute approximate surface area is 121 Å². The topological polar surface area (TPSA) is 50.4 Å². The highest BCUT2D eigenvalue weighted by molar-refractivity contribution is 5.93.